The zero-order valence-corrected chi connectivity index (χ0v) is 13.7. The summed E-state index contributed by atoms with van der Waals surface area (Å²) in [6, 6.07) is 0. The Morgan fingerprint density at radius 1 is 1.57 bits per heavy atom. The molecule has 0 aromatic carbocycles. The van der Waals surface area contributed by atoms with E-state index >= 15 is 0 Å². The monoisotopic (exact) mass is 378 g/mol. The molecule has 0 saturated carbocycles. The Labute approximate surface area is 104 Å². The van der Waals surface area contributed by atoms with Gasteiger partial charge in [0.05, 0.1) is 0 Å². The first-order chi connectivity index (χ1) is 6.49. The van der Waals surface area contributed by atoms with E-state index in [1.54, 1.807) is 9.41 Å². The van der Waals surface area contributed by atoms with E-state index in [2.05, 4.69) is 45.6 Å². The van der Waals surface area contributed by atoms with Crippen LogP contribution in [0.2, 0.25) is 3.17 Å². The summed E-state index contributed by atoms with van der Waals surface area (Å²) in [6.07, 6.45) is 9.71. The Morgan fingerprint density at radius 2 is 2.14 bits per heavy atom. The van der Waals surface area contributed by atoms with E-state index in [1.807, 2.05) is 0 Å². The number of allylic oxidation sites excluding steroid dienone is 5. The third-order valence-corrected chi connectivity index (χ3v) is 6.81. The van der Waals surface area contributed by atoms with Crippen LogP contribution in [0.1, 0.15) is 27.2 Å². The molecule has 0 heterocycles. The van der Waals surface area contributed by atoms with Gasteiger partial charge in [0.25, 0.3) is 0 Å². The Hall–Kier alpha value is 0.380. The summed E-state index contributed by atoms with van der Waals surface area (Å²) in [5, 5.41) is 0. The van der Waals surface area contributed by atoms with Crippen LogP contribution in [0.4, 0.5) is 0 Å². The minimum atomic E-state index is -0.460. The summed E-state index contributed by atoms with van der Waals surface area (Å²) >= 11 is 4.61. The van der Waals surface area contributed by atoms with Gasteiger partial charge in [0.1, 0.15) is 0 Å². The van der Waals surface area contributed by atoms with Gasteiger partial charge in [-0.25, -0.2) is 0 Å². The number of hydrogen-bond acceptors (Lipinski definition) is 0. The second-order valence-corrected chi connectivity index (χ2v) is 13.0. The van der Waals surface area contributed by atoms with E-state index in [4.69, 9.17) is 11.6 Å². The van der Waals surface area contributed by atoms with Gasteiger partial charge in [-0.1, -0.05) is 6.08 Å². The number of rotatable bonds is 2. The maximum atomic E-state index is 5.07. The number of alkyl halides is 1. The molecule has 0 fully saturated rings. The Morgan fingerprint density at radius 3 is 2.43 bits per heavy atom. The van der Waals surface area contributed by atoms with Crippen LogP contribution in [-0.4, -0.2) is 5.88 Å². The summed E-state index contributed by atoms with van der Waals surface area (Å²) in [5.74, 6) is 0.556. The fraction of sp³-hybridized carbons (Fsp3) is 0.500. The molecule has 0 aliphatic heterocycles. The standard InChI is InChI=1S/C5H5.C4H9.C3H5Cl.Hf/c1-2-4-5-3-1;1-4(2)3;1-2-3-4;/h1-3H,4H2;1-3H3;2H,1,3H2;. The van der Waals surface area contributed by atoms with Crippen LogP contribution in [0.3, 0.4) is 0 Å². The second kappa shape index (κ2) is 7.64. The van der Waals surface area contributed by atoms with E-state index in [0.717, 1.165) is 0 Å². The van der Waals surface area contributed by atoms with Crippen molar-refractivity contribution in [2.75, 3.05) is 5.88 Å². The predicted octanol–water partition coefficient (Wildman–Crippen LogP) is 4.54. The van der Waals surface area contributed by atoms with Crippen molar-refractivity contribution in [2.45, 2.75) is 30.4 Å². The van der Waals surface area contributed by atoms with Crippen LogP contribution in [0.5, 0.6) is 0 Å². The van der Waals surface area contributed by atoms with Crippen molar-refractivity contribution >= 4 is 11.6 Å². The minimum absolute atomic E-state index is 0.460. The summed E-state index contributed by atoms with van der Waals surface area (Å²) in [5.41, 5.74) is 0. The van der Waals surface area contributed by atoms with E-state index in [1.165, 1.54) is 6.42 Å². The van der Waals surface area contributed by atoms with E-state index in [-0.39, 0.29) is 0 Å². The van der Waals surface area contributed by atoms with Crippen LogP contribution in [0.25, 0.3) is 0 Å². The van der Waals surface area contributed by atoms with Gasteiger partial charge in [-0.05, 0) is 0 Å². The number of hydrogen-bond donors (Lipinski definition) is 0. The van der Waals surface area contributed by atoms with Crippen molar-refractivity contribution in [3.63, 3.8) is 0 Å². The molecule has 0 bridgehead atoms. The quantitative estimate of drug-likeness (QED) is 0.377. The second-order valence-electron chi connectivity index (χ2n) is 4.14. The molecule has 0 amide bonds. The van der Waals surface area contributed by atoms with Crippen LogP contribution >= 0.6 is 11.6 Å². The summed E-state index contributed by atoms with van der Waals surface area (Å²) in [7, 11) is 0. The van der Waals surface area contributed by atoms with Gasteiger partial charge in [-0.15, -0.1) is 18.2 Å². The Bertz CT molecular complexity index is 221. The fourth-order valence-electron chi connectivity index (χ4n) is 1.02. The molecule has 1 aliphatic carbocycles. The van der Waals surface area contributed by atoms with Crippen molar-refractivity contribution in [2.24, 2.45) is 0 Å². The molecule has 78 valence electrons. The molecule has 0 radical (unpaired) electrons. The summed E-state index contributed by atoms with van der Waals surface area (Å²) in [6.45, 7) is 10.5. The van der Waals surface area contributed by atoms with Gasteiger partial charge in [-0.3, -0.25) is 0 Å². The van der Waals surface area contributed by atoms with E-state index in [0.29, 0.717) is 9.05 Å². The van der Waals surface area contributed by atoms with Crippen molar-refractivity contribution in [3.8, 4) is 0 Å². The zero-order chi connectivity index (χ0) is 11.0. The zero-order valence-electron chi connectivity index (χ0n) is 9.31. The van der Waals surface area contributed by atoms with Gasteiger partial charge in [-0.2, -0.15) is 0 Å². The van der Waals surface area contributed by atoms with Crippen molar-refractivity contribution < 1.29 is 22.9 Å². The Balaban J connectivity index is 0.000000364. The third-order valence-electron chi connectivity index (χ3n) is 1.42. The average Bonchev–Trinajstić information content (AvgIpc) is 2.54. The van der Waals surface area contributed by atoms with E-state index in [9.17, 15) is 0 Å². The maximum absolute atomic E-state index is 5.07. The molecule has 14 heavy (non-hydrogen) atoms. The van der Waals surface area contributed by atoms with Gasteiger partial charge < -0.3 is 0 Å². The predicted molar refractivity (Wildman–Crippen MR) is 62.5 cm³/mol. The first-order valence-corrected chi connectivity index (χ1v) is 8.93. The molecular formula is C12H19ClHf. The molecule has 0 N–H and O–H groups in total. The molecule has 0 saturated heterocycles. The summed E-state index contributed by atoms with van der Waals surface area (Å²) in [4.78, 5) is 0. The molecule has 0 atom stereocenters. The molecule has 0 spiro atoms. The molecule has 0 unspecified atom stereocenters. The van der Waals surface area contributed by atoms with Gasteiger partial charge >= 0.3 is 74.8 Å². The molecule has 1 aliphatic rings. The normalized spacial score (nSPS) is 14.1. The van der Waals surface area contributed by atoms with Gasteiger partial charge in [0, 0.05) is 5.88 Å². The first kappa shape index (κ1) is 14.4. The molecule has 2 heteroatoms. The van der Waals surface area contributed by atoms with Crippen LogP contribution in [0, 0.1) is 0 Å². The van der Waals surface area contributed by atoms with Crippen molar-refractivity contribution in [1.82, 2.24) is 0 Å². The van der Waals surface area contributed by atoms with Crippen LogP contribution < -0.4 is 0 Å². The van der Waals surface area contributed by atoms with E-state index < -0.39 is 22.9 Å². The van der Waals surface area contributed by atoms with Crippen molar-refractivity contribution in [1.29, 1.82) is 0 Å². The van der Waals surface area contributed by atoms with Gasteiger partial charge in [0.15, 0.2) is 0 Å². The molecule has 0 aromatic heterocycles. The average molecular weight is 377 g/mol. The molecule has 1 rings (SSSR count). The topological polar surface area (TPSA) is 0 Å². The van der Waals surface area contributed by atoms with Crippen LogP contribution in [0.15, 0.2) is 34.2 Å². The first-order valence-electron chi connectivity index (χ1n) is 4.80. The SMILES string of the molecule is C=CCCl.C[C](C)(C)[Hf][C]1=CC=CC1. The van der Waals surface area contributed by atoms with Crippen LogP contribution in [-0.2, 0) is 22.9 Å². The molecule has 0 aromatic rings. The summed E-state index contributed by atoms with van der Waals surface area (Å²) < 4.78 is 2.42. The molecule has 0 nitrogen and oxygen atoms in total. The number of halogens is 1. The third kappa shape index (κ3) is 8.96. The fourth-order valence-corrected chi connectivity index (χ4v) is 5.92. The van der Waals surface area contributed by atoms with Crippen molar-refractivity contribution in [3.05, 3.63) is 34.2 Å². The Kier molecular flexibility index (Phi) is 7.85. The molecular weight excluding hydrogens is 358 g/mol. The van der Waals surface area contributed by atoms with Gasteiger partial charge in [0.2, 0.25) is 0 Å².